The van der Waals surface area contributed by atoms with Crippen LogP contribution in [0.4, 0.5) is 5.69 Å². The number of benzene rings is 3. The summed E-state index contributed by atoms with van der Waals surface area (Å²) in [6, 6.07) is 18.7. The standard InChI is InChI=1S/C28H31N3O9S2/c1-37-21-6-10-24(11-7-21)42(35,36)31-20-27(40-26-5-3-2-4-25(26)31)28(32)29-14-17-39-22-8-12-23(13-9-22)41(33,34)30-15-18-38-19-16-30/h2-13,27H,14-20H2,1H3,(H,29,32)/t27-/m1/s1. The Hall–Kier alpha value is -3.85. The van der Waals surface area contributed by atoms with Gasteiger partial charge < -0.3 is 24.3 Å². The number of morpholine rings is 1. The number of rotatable bonds is 10. The monoisotopic (exact) mass is 617 g/mol. The number of carbonyl (C=O) groups excluding carboxylic acids is 1. The number of ether oxygens (including phenoxy) is 4. The smallest absolute Gasteiger partial charge is 0.264 e. The molecular weight excluding hydrogens is 586 g/mol. The quantitative estimate of drug-likeness (QED) is 0.338. The summed E-state index contributed by atoms with van der Waals surface area (Å²) in [6.45, 7) is 1.32. The molecule has 0 spiro atoms. The van der Waals surface area contributed by atoms with E-state index in [1.165, 1.54) is 40.0 Å². The van der Waals surface area contributed by atoms with Crippen molar-refractivity contribution in [2.75, 3.05) is 57.4 Å². The molecule has 0 aromatic heterocycles. The number of anilines is 1. The van der Waals surface area contributed by atoms with Gasteiger partial charge >= 0.3 is 0 Å². The molecular formula is C28H31N3O9S2. The van der Waals surface area contributed by atoms with Crippen LogP contribution in [0.15, 0.2) is 82.6 Å². The van der Waals surface area contributed by atoms with Crippen molar-refractivity contribution < 1.29 is 40.6 Å². The van der Waals surface area contributed by atoms with Crippen molar-refractivity contribution >= 4 is 31.6 Å². The number of carbonyl (C=O) groups is 1. The maximum atomic E-state index is 13.5. The van der Waals surface area contributed by atoms with Gasteiger partial charge in [-0.1, -0.05) is 12.1 Å². The average molecular weight is 618 g/mol. The van der Waals surface area contributed by atoms with Gasteiger partial charge in [-0.2, -0.15) is 4.31 Å². The molecule has 3 aromatic rings. The molecule has 0 aliphatic carbocycles. The molecule has 2 aliphatic rings. The zero-order chi connectivity index (χ0) is 29.7. The van der Waals surface area contributed by atoms with Crippen LogP contribution in [0.5, 0.6) is 17.2 Å². The van der Waals surface area contributed by atoms with Crippen molar-refractivity contribution in [3.8, 4) is 17.2 Å². The van der Waals surface area contributed by atoms with Crippen LogP contribution in [-0.4, -0.2) is 86.3 Å². The highest BCUT2D eigenvalue weighted by Crippen LogP contribution is 2.37. The second-order valence-corrected chi connectivity index (χ2v) is 13.2. The van der Waals surface area contributed by atoms with E-state index in [0.717, 1.165) is 0 Å². The number of hydrogen-bond acceptors (Lipinski definition) is 9. The highest BCUT2D eigenvalue weighted by Gasteiger charge is 2.37. The first-order valence-corrected chi connectivity index (χ1v) is 16.1. The fourth-order valence-electron chi connectivity index (χ4n) is 4.54. The first kappa shape index (κ1) is 29.6. The molecule has 0 radical (unpaired) electrons. The number of nitrogens with zero attached hydrogens (tertiary/aromatic N) is 2. The Morgan fingerprint density at radius 2 is 1.50 bits per heavy atom. The average Bonchev–Trinajstić information content (AvgIpc) is 3.03. The molecule has 2 aliphatic heterocycles. The number of methoxy groups -OCH3 is 1. The lowest BCUT2D eigenvalue weighted by Crippen LogP contribution is -2.51. The molecule has 1 N–H and O–H groups in total. The molecule has 224 valence electrons. The van der Waals surface area contributed by atoms with Gasteiger partial charge in [-0.25, -0.2) is 16.8 Å². The summed E-state index contributed by atoms with van der Waals surface area (Å²) < 4.78 is 77.1. The Labute approximate surface area is 244 Å². The van der Waals surface area contributed by atoms with Crippen LogP contribution >= 0.6 is 0 Å². The third-order valence-electron chi connectivity index (χ3n) is 6.78. The van der Waals surface area contributed by atoms with Crippen molar-refractivity contribution in [3.63, 3.8) is 0 Å². The number of hydrogen-bond donors (Lipinski definition) is 1. The van der Waals surface area contributed by atoms with Gasteiger partial charge in [0.1, 0.15) is 23.9 Å². The van der Waals surface area contributed by atoms with Crippen LogP contribution < -0.4 is 23.8 Å². The van der Waals surface area contributed by atoms with E-state index in [-0.39, 0.29) is 35.2 Å². The van der Waals surface area contributed by atoms with E-state index in [2.05, 4.69) is 5.32 Å². The molecule has 1 atom stereocenters. The molecule has 1 saturated heterocycles. The molecule has 1 amide bonds. The van der Waals surface area contributed by atoms with Crippen LogP contribution in [-0.2, 0) is 29.6 Å². The lowest BCUT2D eigenvalue weighted by atomic mass is 10.2. The van der Waals surface area contributed by atoms with Gasteiger partial charge in [-0.05, 0) is 60.7 Å². The number of para-hydroxylation sites is 2. The highest BCUT2D eigenvalue weighted by atomic mass is 32.2. The number of amides is 1. The van der Waals surface area contributed by atoms with Crippen LogP contribution in [0.1, 0.15) is 0 Å². The van der Waals surface area contributed by atoms with Crippen LogP contribution in [0, 0.1) is 0 Å². The molecule has 12 nitrogen and oxygen atoms in total. The van der Waals surface area contributed by atoms with Crippen molar-refractivity contribution in [1.29, 1.82) is 0 Å². The zero-order valence-corrected chi connectivity index (χ0v) is 24.5. The van der Waals surface area contributed by atoms with Gasteiger partial charge in [0.05, 0.1) is 48.9 Å². The summed E-state index contributed by atoms with van der Waals surface area (Å²) >= 11 is 0. The van der Waals surface area contributed by atoms with E-state index < -0.39 is 32.1 Å². The molecule has 3 aromatic carbocycles. The van der Waals surface area contributed by atoms with E-state index in [1.54, 1.807) is 48.5 Å². The first-order chi connectivity index (χ1) is 20.2. The zero-order valence-electron chi connectivity index (χ0n) is 22.8. The number of fused-ring (bicyclic) bond motifs is 1. The topological polar surface area (TPSA) is 141 Å². The lowest BCUT2D eigenvalue weighted by Gasteiger charge is -2.34. The fraction of sp³-hybridized carbons (Fsp3) is 0.321. The predicted octanol–water partition coefficient (Wildman–Crippen LogP) is 1.87. The molecule has 14 heteroatoms. The predicted molar refractivity (Wildman–Crippen MR) is 153 cm³/mol. The minimum absolute atomic E-state index is 0.0522. The molecule has 5 rings (SSSR count). The summed E-state index contributed by atoms with van der Waals surface area (Å²) in [4.78, 5) is 13.2. The largest absolute Gasteiger partial charge is 0.497 e. The Morgan fingerprint density at radius 1 is 0.881 bits per heavy atom. The van der Waals surface area contributed by atoms with E-state index in [1.807, 2.05) is 0 Å². The Balaban J connectivity index is 1.19. The SMILES string of the molecule is COc1ccc(S(=O)(=O)N2C[C@H](C(=O)NCCOc3ccc(S(=O)(=O)N4CCOCC4)cc3)Oc3ccccc32)cc1. The lowest BCUT2D eigenvalue weighted by molar-refractivity contribution is -0.127. The summed E-state index contributed by atoms with van der Waals surface area (Å²) in [5, 5.41) is 2.72. The number of sulfonamides is 2. The van der Waals surface area contributed by atoms with Crippen LogP contribution in [0.25, 0.3) is 0 Å². The molecule has 42 heavy (non-hydrogen) atoms. The maximum Gasteiger partial charge on any atom is 0.264 e. The van der Waals surface area contributed by atoms with E-state index in [0.29, 0.717) is 43.5 Å². The van der Waals surface area contributed by atoms with Gasteiger partial charge in [0.2, 0.25) is 10.0 Å². The van der Waals surface area contributed by atoms with Gasteiger partial charge in [0.25, 0.3) is 15.9 Å². The third kappa shape index (κ3) is 6.31. The van der Waals surface area contributed by atoms with Gasteiger partial charge in [0.15, 0.2) is 6.10 Å². The van der Waals surface area contributed by atoms with E-state index >= 15 is 0 Å². The summed E-state index contributed by atoms with van der Waals surface area (Å²) in [5.74, 6) is 0.717. The molecule has 0 bridgehead atoms. The van der Waals surface area contributed by atoms with Gasteiger partial charge in [-0.15, -0.1) is 0 Å². The van der Waals surface area contributed by atoms with Crippen molar-refractivity contribution in [2.24, 2.45) is 0 Å². The minimum Gasteiger partial charge on any atom is -0.497 e. The normalized spacial score (nSPS) is 17.5. The van der Waals surface area contributed by atoms with Crippen LogP contribution in [0.2, 0.25) is 0 Å². The van der Waals surface area contributed by atoms with Crippen molar-refractivity contribution in [1.82, 2.24) is 9.62 Å². The second-order valence-electron chi connectivity index (χ2n) is 9.41. The van der Waals surface area contributed by atoms with Gasteiger partial charge in [-0.3, -0.25) is 9.10 Å². The van der Waals surface area contributed by atoms with Crippen molar-refractivity contribution in [3.05, 3.63) is 72.8 Å². The van der Waals surface area contributed by atoms with E-state index in [4.69, 9.17) is 18.9 Å². The second kappa shape index (κ2) is 12.6. The minimum atomic E-state index is -4.01. The summed E-state index contributed by atoms with van der Waals surface area (Å²) in [7, 11) is -6.13. The molecule has 1 fully saturated rings. The highest BCUT2D eigenvalue weighted by molar-refractivity contribution is 7.92. The first-order valence-electron chi connectivity index (χ1n) is 13.2. The molecule has 2 heterocycles. The van der Waals surface area contributed by atoms with E-state index in [9.17, 15) is 21.6 Å². The third-order valence-corrected chi connectivity index (χ3v) is 10.5. The van der Waals surface area contributed by atoms with Crippen LogP contribution in [0.3, 0.4) is 0 Å². The maximum absolute atomic E-state index is 13.5. The summed E-state index contributed by atoms with van der Waals surface area (Å²) in [5.41, 5.74) is 0.333. The van der Waals surface area contributed by atoms with Crippen molar-refractivity contribution in [2.45, 2.75) is 15.9 Å². The molecule has 0 unspecified atom stereocenters. The summed E-state index contributed by atoms with van der Waals surface area (Å²) in [6.07, 6.45) is -1.10. The Kier molecular flexibility index (Phi) is 8.87. The molecule has 0 saturated carbocycles. The number of nitrogens with one attached hydrogen (secondary N) is 1. The fourth-order valence-corrected chi connectivity index (χ4v) is 7.43. The van der Waals surface area contributed by atoms with Gasteiger partial charge in [0, 0.05) is 13.1 Å². The Bertz CT molecular complexity index is 1610. The Morgan fingerprint density at radius 3 is 2.17 bits per heavy atom.